The van der Waals surface area contributed by atoms with Crippen LogP contribution in [0.4, 0.5) is 0 Å². The van der Waals surface area contributed by atoms with E-state index in [0.717, 1.165) is 23.3 Å². The van der Waals surface area contributed by atoms with Gasteiger partial charge in [0.05, 0.1) is 0 Å². The Morgan fingerprint density at radius 1 is 1.50 bits per heavy atom. The lowest BCUT2D eigenvalue weighted by molar-refractivity contribution is -0.117. The van der Waals surface area contributed by atoms with Crippen LogP contribution in [0.5, 0.6) is 0 Å². The summed E-state index contributed by atoms with van der Waals surface area (Å²) in [5.41, 5.74) is 2.88. The summed E-state index contributed by atoms with van der Waals surface area (Å²) in [6.45, 7) is 9.81. The van der Waals surface area contributed by atoms with Gasteiger partial charge >= 0.3 is 0 Å². The molecule has 1 rings (SSSR count). The Bertz CT molecular complexity index is 261. The first kappa shape index (κ1) is 9.04. The van der Waals surface area contributed by atoms with E-state index in [4.69, 9.17) is 0 Å². The lowest BCUT2D eigenvalue weighted by atomic mass is 9.92. The highest BCUT2D eigenvalue weighted by molar-refractivity contribution is 5.96. The monoisotopic (exact) mass is 165 g/mol. The zero-order valence-corrected chi connectivity index (χ0v) is 7.90. The minimum absolute atomic E-state index is 0.0266. The van der Waals surface area contributed by atoms with E-state index in [1.807, 2.05) is 20.8 Å². The fourth-order valence-corrected chi connectivity index (χ4v) is 1.64. The summed E-state index contributed by atoms with van der Waals surface area (Å²) in [5.74, 6) is 0.330. The van der Waals surface area contributed by atoms with Gasteiger partial charge in [0.2, 0.25) is 0 Å². The Morgan fingerprint density at radius 3 is 2.50 bits per heavy atom. The maximum atomic E-state index is 11.4. The van der Waals surface area contributed by atoms with E-state index in [2.05, 4.69) is 11.9 Å². The predicted molar refractivity (Wildman–Crippen MR) is 49.4 cm³/mol. The largest absolute Gasteiger partial charge is 0.326 e. The predicted octanol–water partition coefficient (Wildman–Crippen LogP) is 1.99. The van der Waals surface area contributed by atoms with Crippen LogP contribution in [-0.4, -0.2) is 5.91 Å². The number of hydrogen-bond donors (Lipinski definition) is 1. The molecule has 0 saturated carbocycles. The van der Waals surface area contributed by atoms with Crippen molar-refractivity contribution in [3.63, 3.8) is 0 Å². The highest BCUT2D eigenvalue weighted by Gasteiger charge is 2.21. The smallest absolute Gasteiger partial charge is 0.251 e. The maximum Gasteiger partial charge on any atom is 0.251 e. The first-order valence-corrected chi connectivity index (χ1v) is 4.21. The first-order valence-electron chi connectivity index (χ1n) is 4.21. The Labute approximate surface area is 73.4 Å². The van der Waals surface area contributed by atoms with Gasteiger partial charge in [0.25, 0.3) is 5.91 Å². The van der Waals surface area contributed by atoms with Crippen LogP contribution in [0.25, 0.3) is 0 Å². The third-order valence-electron chi connectivity index (χ3n) is 2.05. The fourth-order valence-electron chi connectivity index (χ4n) is 1.64. The molecule has 1 heterocycles. The van der Waals surface area contributed by atoms with Gasteiger partial charge in [-0.25, -0.2) is 0 Å². The van der Waals surface area contributed by atoms with Crippen molar-refractivity contribution in [3.8, 4) is 0 Å². The summed E-state index contributed by atoms with van der Waals surface area (Å²) in [6, 6.07) is 0. The van der Waals surface area contributed by atoms with E-state index in [1.54, 1.807) is 0 Å². The summed E-state index contributed by atoms with van der Waals surface area (Å²) in [5, 5.41) is 2.75. The molecule has 0 aromatic rings. The molecular weight excluding hydrogens is 150 g/mol. The van der Waals surface area contributed by atoms with E-state index < -0.39 is 0 Å². The van der Waals surface area contributed by atoms with E-state index in [0.29, 0.717) is 5.92 Å². The second kappa shape index (κ2) is 3.13. The Hall–Kier alpha value is -1.05. The van der Waals surface area contributed by atoms with Crippen LogP contribution >= 0.6 is 0 Å². The summed E-state index contributed by atoms with van der Waals surface area (Å²) >= 11 is 0. The molecule has 0 fully saturated rings. The van der Waals surface area contributed by atoms with Crippen LogP contribution in [0.3, 0.4) is 0 Å². The van der Waals surface area contributed by atoms with Gasteiger partial charge in [-0.05, 0) is 12.8 Å². The standard InChI is InChI=1S/C10H15NO/c1-6(2)9-7(3)5-8(4)11-10(9)12/h6H,4-5H2,1-3H3,(H,11,12). The van der Waals surface area contributed by atoms with Gasteiger partial charge in [0, 0.05) is 17.7 Å². The highest BCUT2D eigenvalue weighted by Crippen LogP contribution is 2.23. The average Bonchev–Trinajstić information content (AvgIpc) is 1.82. The summed E-state index contributed by atoms with van der Waals surface area (Å²) in [4.78, 5) is 11.4. The van der Waals surface area contributed by atoms with Crippen molar-refractivity contribution in [2.24, 2.45) is 5.92 Å². The second-order valence-corrected chi connectivity index (χ2v) is 3.58. The molecule has 12 heavy (non-hydrogen) atoms. The zero-order valence-electron chi connectivity index (χ0n) is 7.90. The van der Waals surface area contributed by atoms with E-state index in [1.165, 1.54) is 0 Å². The fraction of sp³-hybridized carbons (Fsp3) is 0.500. The van der Waals surface area contributed by atoms with E-state index >= 15 is 0 Å². The van der Waals surface area contributed by atoms with Crippen molar-refractivity contribution in [2.75, 3.05) is 0 Å². The molecular formula is C10H15NO. The summed E-state index contributed by atoms with van der Waals surface area (Å²) < 4.78 is 0. The molecule has 1 aliphatic rings. The number of carbonyl (C=O) groups excluding carboxylic acids is 1. The molecule has 0 bridgehead atoms. The molecule has 0 atom stereocenters. The topological polar surface area (TPSA) is 29.1 Å². The second-order valence-electron chi connectivity index (χ2n) is 3.58. The summed E-state index contributed by atoms with van der Waals surface area (Å²) in [6.07, 6.45) is 0.805. The van der Waals surface area contributed by atoms with E-state index in [9.17, 15) is 4.79 Å². The lowest BCUT2D eigenvalue weighted by Crippen LogP contribution is -2.31. The molecule has 1 aliphatic heterocycles. The third kappa shape index (κ3) is 1.58. The van der Waals surface area contributed by atoms with Crippen molar-refractivity contribution >= 4 is 5.91 Å². The number of nitrogens with one attached hydrogen (secondary N) is 1. The normalized spacial score (nSPS) is 18.7. The Kier molecular flexibility index (Phi) is 2.36. The van der Waals surface area contributed by atoms with Crippen molar-refractivity contribution in [2.45, 2.75) is 27.2 Å². The highest BCUT2D eigenvalue weighted by atomic mass is 16.1. The molecule has 2 heteroatoms. The molecule has 0 aromatic heterocycles. The molecule has 0 spiro atoms. The molecule has 0 saturated heterocycles. The van der Waals surface area contributed by atoms with Crippen LogP contribution in [0.15, 0.2) is 23.4 Å². The SMILES string of the molecule is C=C1CC(C)=C(C(C)C)C(=O)N1. The van der Waals surface area contributed by atoms with Crippen molar-refractivity contribution in [3.05, 3.63) is 23.4 Å². The third-order valence-corrected chi connectivity index (χ3v) is 2.05. The Morgan fingerprint density at radius 2 is 2.08 bits per heavy atom. The van der Waals surface area contributed by atoms with Crippen LogP contribution in [-0.2, 0) is 4.79 Å². The molecule has 0 aromatic carbocycles. The summed E-state index contributed by atoms with van der Waals surface area (Å²) in [7, 11) is 0. The number of rotatable bonds is 1. The number of allylic oxidation sites excluding steroid dienone is 1. The molecule has 0 radical (unpaired) electrons. The van der Waals surface area contributed by atoms with Crippen LogP contribution < -0.4 is 5.32 Å². The van der Waals surface area contributed by atoms with Crippen LogP contribution in [0, 0.1) is 5.92 Å². The molecule has 1 amide bonds. The van der Waals surface area contributed by atoms with Crippen molar-refractivity contribution in [1.29, 1.82) is 0 Å². The van der Waals surface area contributed by atoms with Gasteiger partial charge in [-0.15, -0.1) is 0 Å². The van der Waals surface area contributed by atoms with Gasteiger partial charge in [0.1, 0.15) is 0 Å². The van der Waals surface area contributed by atoms with Gasteiger partial charge in [-0.2, -0.15) is 0 Å². The van der Waals surface area contributed by atoms with Gasteiger partial charge in [-0.1, -0.05) is 26.0 Å². The number of hydrogen-bond acceptors (Lipinski definition) is 1. The first-order chi connectivity index (χ1) is 5.52. The average molecular weight is 165 g/mol. The molecule has 2 nitrogen and oxygen atoms in total. The van der Waals surface area contributed by atoms with Crippen LogP contribution in [0.2, 0.25) is 0 Å². The minimum Gasteiger partial charge on any atom is -0.326 e. The number of carbonyl (C=O) groups is 1. The number of amides is 1. The molecule has 1 N–H and O–H groups in total. The molecule has 0 aliphatic carbocycles. The minimum atomic E-state index is 0.0266. The van der Waals surface area contributed by atoms with Crippen LogP contribution in [0.1, 0.15) is 27.2 Å². The van der Waals surface area contributed by atoms with E-state index in [-0.39, 0.29) is 5.91 Å². The zero-order chi connectivity index (χ0) is 9.30. The lowest BCUT2D eigenvalue weighted by Gasteiger charge is -2.22. The van der Waals surface area contributed by atoms with Crippen molar-refractivity contribution < 1.29 is 4.79 Å². The van der Waals surface area contributed by atoms with Gasteiger partial charge in [0.15, 0.2) is 0 Å². The maximum absolute atomic E-state index is 11.4. The van der Waals surface area contributed by atoms with Crippen molar-refractivity contribution in [1.82, 2.24) is 5.32 Å². The molecule has 66 valence electrons. The van der Waals surface area contributed by atoms with Gasteiger partial charge in [-0.3, -0.25) is 4.79 Å². The Balaban J connectivity index is 3.01. The van der Waals surface area contributed by atoms with Gasteiger partial charge < -0.3 is 5.32 Å². The molecule has 0 unspecified atom stereocenters. The quantitative estimate of drug-likeness (QED) is 0.632.